The van der Waals surface area contributed by atoms with Crippen molar-refractivity contribution >= 4 is 66.4 Å². The Hall–Kier alpha value is -8.09. The molecule has 1 aliphatic heterocycles. The first-order valence-corrected chi connectivity index (χ1v) is 25.5. The number of aromatic nitrogens is 3. The summed E-state index contributed by atoms with van der Waals surface area (Å²) >= 11 is 0. The van der Waals surface area contributed by atoms with Crippen LogP contribution in [0.15, 0.2) is 188 Å². The number of ether oxygens (including phenoxy) is 1. The molecule has 362 valence electrons. The molecule has 73 heavy (non-hydrogen) atoms. The predicted molar refractivity (Wildman–Crippen MR) is 308 cm³/mol. The highest BCUT2D eigenvalue weighted by Crippen LogP contribution is 2.47. The third kappa shape index (κ3) is 8.10. The zero-order valence-electron chi connectivity index (χ0n) is 46.2. The molecule has 0 atom stereocenters. The van der Waals surface area contributed by atoms with Gasteiger partial charge in [0.1, 0.15) is 24.0 Å². The van der Waals surface area contributed by atoms with Gasteiger partial charge in [0.2, 0.25) is 0 Å². The molecule has 0 radical (unpaired) electrons. The Morgan fingerprint density at radius 1 is 0.438 bits per heavy atom. The number of nitrogens with zero attached hydrogens (tertiary/aromatic N) is 5. The monoisotopic (exact) mass is 957 g/mol. The van der Waals surface area contributed by atoms with Crippen molar-refractivity contribution in [1.29, 1.82) is 0 Å². The van der Waals surface area contributed by atoms with Gasteiger partial charge in [-0.15, -0.1) is 0 Å². The molecule has 0 bridgehead atoms. The van der Waals surface area contributed by atoms with Crippen molar-refractivity contribution in [1.82, 2.24) is 14.1 Å². The Labute approximate surface area is 434 Å². The van der Waals surface area contributed by atoms with Crippen LogP contribution in [0.3, 0.4) is 0 Å². The summed E-state index contributed by atoms with van der Waals surface area (Å²) in [6, 6.07) is 63.8. The van der Waals surface area contributed by atoms with Crippen LogP contribution < -0.4 is 14.5 Å². The smallest absolute Gasteiger partial charge is 0.137 e. The first-order chi connectivity index (χ1) is 36.2. The molecule has 0 aliphatic carbocycles. The minimum atomic E-state index is -2.43. The van der Waals surface area contributed by atoms with Gasteiger partial charge < -0.3 is 19.1 Å². The van der Waals surface area contributed by atoms with Crippen LogP contribution in [0.1, 0.15) is 88.7 Å². The van der Waals surface area contributed by atoms with Gasteiger partial charge in [0.05, 0.1) is 33.4 Å². The van der Waals surface area contributed by atoms with E-state index >= 15 is 0 Å². The van der Waals surface area contributed by atoms with Crippen LogP contribution in [0.2, 0.25) is 0 Å². The third-order valence-corrected chi connectivity index (χ3v) is 14.8. The number of aryl methyl sites for hydroxylation is 1. The molecule has 12 rings (SSSR count). The van der Waals surface area contributed by atoms with E-state index in [1.54, 1.807) is 12.3 Å². The largest absolute Gasteiger partial charge is 0.457 e. The van der Waals surface area contributed by atoms with Gasteiger partial charge in [-0.05, 0) is 136 Å². The molecule has 0 saturated carbocycles. The van der Waals surface area contributed by atoms with Gasteiger partial charge in [-0.2, -0.15) is 0 Å². The molecule has 0 amide bonds. The topological polar surface area (TPSA) is 38.5 Å². The highest BCUT2D eigenvalue weighted by Gasteiger charge is 2.31. The average Bonchev–Trinajstić information content (AvgIpc) is 4.11. The quantitative estimate of drug-likeness (QED) is 0.160. The van der Waals surface area contributed by atoms with E-state index in [1.165, 1.54) is 27.6 Å². The molecule has 8 aromatic carbocycles. The van der Waals surface area contributed by atoms with E-state index in [0.717, 1.165) is 66.7 Å². The Morgan fingerprint density at radius 3 is 1.71 bits per heavy atom. The zero-order valence-corrected chi connectivity index (χ0v) is 43.2. The zero-order chi connectivity index (χ0) is 53.1. The maximum absolute atomic E-state index is 8.89. The highest BCUT2D eigenvalue weighted by molar-refractivity contribution is 6.12. The summed E-state index contributed by atoms with van der Waals surface area (Å²) in [5.41, 5.74) is 14.7. The molecule has 11 aromatic rings. The molecular formula is C67H63N5O. The van der Waals surface area contributed by atoms with Crippen LogP contribution in [0.25, 0.3) is 66.2 Å². The lowest BCUT2D eigenvalue weighted by Gasteiger charge is -2.29. The minimum Gasteiger partial charge on any atom is -0.457 e. The van der Waals surface area contributed by atoms with Crippen molar-refractivity contribution in [2.24, 2.45) is 0 Å². The number of anilines is 4. The van der Waals surface area contributed by atoms with Gasteiger partial charge in [-0.25, -0.2) is 4.98 Å². The number of rotatable bonds is 7. The van der Waals surface area contributed by atoms with E-state index in [2.05, 4.69) is 233 Å². The van der Waals surface area contributed by atoms with Gasteiger partial charge >= 0.3 is 0 Å². The third-order valence-electron chi connectivity index (χ3n) is 14.8. The normalized spacial score (nSPS) is 14.0. The molecule has 3 aromatic heterocycles. The number of hydrogen-bond donors (Lipinski definition) is 0. The Bertz CT molecular complexity index is 4000. The lowest BCUT2D eigenvalue weighted by atomic mass is 9.80. The van der Waals surface area contributed by atoms with E-state index in [4.69, 9.17) is 13.8 Å². The summed E-state index contributed by atoms with van der Waals surface area (Å²) in [7, 11) is 0. The van der Waals surface area contributed by atoms with Crippen LogP contribution in [-0.2, 0) is 16.2 Å². The number of hydrogen-bond acceptors (Lipinski definition) is 4. The van der Waals surface area contributed by atoms with E-state index in [1.807, 2.05) is 24.3 Å². The number of para-hydroxylation sites is 4. The second kappa shape index (κ2) is 17.0. The molecule has 1 aliphatic rings. The summed E-state index contributed by atoms with van der Waals surface area (Å²) in [6.45, 7) is 18.4. The van der Waals surface area contributed by atoms with Gasteiger partial charge in [0, 0.05) is 66.6 Å². The van der Waals surface area contributed by atoms with Gasteiger partial charge in [-0.3, -0.25) is 4.57 Å². The molecule has 6 nitrogen and oxygen atoms in total. The minimum absolute atomic E-state index is 0.0185. The second-order valence-corrected chi connectivity index (χ2v) is 22.9. The molecule has 6 heteroatoms. The fourth-order valence-electron chi connectivity index (χ4n) is 10.7. The fraction of sp³-hybridized carbons (Fsp3) is 0.209. The van der Waals surface area contributed by atoms with Gasteiger partial charge in [0.25, 0.3) is 0 Å². The van der Waals surface area contributed by atoms with Crippen molar-refractivity contribution in [3.63, 3.8) is 0 Å². The van der Waals surface area contributed by atoms with Crippen molar-refractivity contribution in [2.75, 3.05) is 16.5 Å². The van der Waals surface area contributed by atoms with E-state index in [-0.39, 0.29) is 21.8 Å². The van der Waals surface area contributed by atoms with Crippen LogP contribution >= 0.6 is 0 Å². The van der Waals surface area contributed by atoms with Crippen LogP contribution in [0.4, 0.5) is 22.7 Å². The van der Waals surface area contributed by atoms with Gasteiger partial charge in [-0.1, -0.05) is 147 Å². The SMILES string of the molecule is [2H]C([2H])([2H])c1cc(-n2c3ccc(-n4c5ccccc5c5ccccc54)cc3c3ccc(Oc4cccc(N5CN(c6cc(C(C)(C)C)cc(C(C)(C)C)c6)c6ccccc65)c4)cc32)ncc1-c1cccc(C(C)(C)C)c1. The molecule has 0 unspecified atom stereocenters. The first kappa shape index (κ1) is 42.6. The van der Waals surface area contributed by atoms with Gasteiger partial charge in [0.15, 0.2) is 0 Å². The van der Waals surface area contributed by atoms with Crippen LogP contribution in [-0.4, -0.2) is 20.8 Å². The van der Waals surface area contributed by atoms with Crippen molar-refractivity contribution in [2.45, 2.75) is 85.4 Å². The molecule has 0 fully saturated rings. The van der Waals surface area contributed by atoms with E-state index < -0.39 is 6.85 Å². The Kier molecular flexibility index (Phi) is 9.93. The second-order valence-electron chi connectivity index (χ2n) is 22.9. The summed E-state index contributed by atoms with van der Waals surface area (Å²) in [6.07, 6.45) is 1.73. The maximum atomic E-state index is 8.89. The summed E-state index contributed by atoms with van der Waals surface area (Å²) in [4.78, 5) is 9.91. The molecule has 4 heterocycles. The Balaban J connectivity index is 0.974. The average molecular weight is 957 g/mol. The number of benzene rings is 8. The van der Waals surface area contributed by atoms with E-state index in [9.17, 15) is 0 Å². The lowest BCUT2D eigenvalue weighted by molar-refractivity contribution is 0.483. The highest BCUT2D eigenvalue weighted by atomic mass is 16.5. The van der Waals surface area contributed by atoms with Crippen molar-refractivity contribution in [3.8, 4) is 34.1 Å². The molecule has 0 saturated heterocycles. The van der Waals surface area contributed by atoms with Crippen molar-refractivity contribution < 1.29 is 8.85 Å². The summed E-state index contributed by atoms with van der Waals surface area (Å²) < 4.78 is 38.0. The standard InChI is InChI=1S/C67H63N5O/c1-43-33-64(68-41-57(43)44-19-17-20-45(34-44)65(2,3)4)72-60-32-29-49(71-58-25-13-11-23-53(58)54-24-12-14-26-59(54)71)39-56(60)55-31-30-52(40-63(55)72)73-51-22-18-21-48(38-51)69-42-70(62-28-16-15-27-61(62)69)50-36-46(66(5,6)7)35-47(37-50)67(8,9)10/h11-41H,42H2,1-10H3/i1D3. The van der Waals surface area contributed by atoms with Crippen LogP contribution in [0.5, 0.6) is 11.5 Å². The molecule has 0 spiro atoms. The molecular weight excluding hydrogens is 891 g/mol. The lowest BCUT2D eigenvalue weighted by Crippen LogP contribution is -2.25. The number of fused-ring (bicyclic) bond motifs is 7. The fourth-order valence-corrected chi connectivity index (χ4v) is 10.7. The van der Waals surface area contributed by atoms with Crippen LogP contribution in [0, 0.1) is 6.85 Å². The summed E-state index contributed by atoms with van der Waals surface area (Å²) in [5, 5.41) is 4.36. The molecule has 0 N–H and O–H groups in total. The van der Waals surface area contributed by atoms with Crippen molar-refractivity contribution in [3.05, 3.63) is 210 Å². The summed E-state index contributed by atoms with van der Waals surface area (Å²) in [5.74, 6) is 1.84. The van der Waals surface area contributed by atoms with E-state index in [0.29, 0.717) is 29.5 Å². The predicted octanol–water partition coefficient (Wildman–Crippen LogP) is 18.2. The Morgan fingerprint density at radius 2 is 1.04 bits per heavy atom. The number of pyridine rings is 1. The first-order valence-electron chi connectivity index (χ1n) is 27.0. The maximum Gasteiger partial charge on any atom is 0.137 e.